The predicted molar refractivity (Wildman–Crippen MR) is 50.6 cm³/mol. The van der Waals surface area contributed by atoms with Crippen LogP contribution in [0, 0.1) is 0 Å². The van der Waals surface area contributed by atoms with Crippen molar-refractivity contribution in [3.05, 3.63) is 0 Å². The van der Waals surface area contributed by atoms with Gasteiger partial charge in [0.1, 0.15) is 6.10 Å². The molecular formula is C9H17NO4. The predicted octanol–water partition coefficient (Wildman–Crippen LogP) is -0.173. The fourth-order valence-electron chi connectivity index (χ4n) is 0.921. The normalized spacial score (nSPS) is 11.9. The van der Waals surface area contributed by atoms with Gasteiger partial charge in [-0.1, -0.05) is 6.92 Å². The van der Waals surface area contributed by atoms with Crippen molar-refractivity contribution in [2.24, 2.45) is 0 Å². The molecule has 0 aliphatic carbocycles. The highest BCUT2D eigenvalue weighted by Gasteiger charge is 2.11. The van der Waals surface area contributed by atoms with Crippen LogP contribution < -0.4 is 5.32 Å². The van der Waals surface area contributed by atoms with Gasteiger partial charge in [0.2, 0.25) is 5.91 Å². The van der Waals surface area contributed by atoms with Crippen LogP contribution in [0.25, 0.3) is 0 Å². The molecule has 0 aliphatic rings. The maximum Gasteiger partial charge on any atom is 0.303 e. The number of aliphatic hydroxyl groups is 1. The zero-order chi connectivity index (χ0) is 11.0. The van der Waals surface area contributed by atoms with E-state index in [0.29, 0.717) is 6.42 Å². The van der Waals surface area contributed by atoms with Crippen molar-refractivity contribution >= 4 is 11.9 Å². The van der Waals surface area contributed by atoms with E-state index in [4.69, 9.17) is 9.84 Å². The minimum absolute atomic E-state index is 0.0990. The Kier molecular flexibility index (Phi) is 6.74. The Morgan fingerprint density at radius 1 is 1.50 bits per heavy atom. The van der Waals surface area contributed by atoms with Crippen LogP contribution in [-0.2, 0) is 14.3 Å². The third kappa shape index (κ3) is 6.42. The Morgan fingerprint density at radius 2 is 2.14 bits per heavy atom. The van der Waals surface area contributed by atoms with E-state index in [1.807, 2.05) is 6.92 Å². The monoisotopic (exact) mass is 203 g/mol. The molecule has 0 aliphatic heterocycles. The van der Waals surface area contributed by atoms with Gasteiger partial charge in [-0.3, -0.25) is 9.59 Å². The summed E-state index contributed by atoms with van der Waals surface area (Å²) in [5.74, 6) is -0.563. The van der Waals surface area contributed by atoms with Crippen LogP contribution in [0.15, 0.2) is 0 Å². The third-order valence-electron chi connectivity index (χ3n) is 1.54. The number of amides is 1. The van der Waals surface area contributed by atoms with Gasteiger partial charge in [-0.25, -0.2) is 0 Å². The molecule has 0 radical (unpaired) electrons. The zero-order valence-electron chi connectivity index (χ0n) is 8.58. The summed E-state index contributed by atoms with van der Waals surface area (Å²) in [5.41, 5.74) is 0. The lowest BCUT2D eigenvalue weighted by molar-refractivity contribution is -0.148. The van der Waals surface area contributed by atoms with Gasteiger partial charge in [0.15, 0.2) is 0 Å². The average Bonchev–Trinajstić information content (AvgIpc) is 2.12. The van der Waals surface area contributed by atoms with E-state index in [1.165, 1.54) is 6.92 Å². The summed E-state index contributed by atoms with van der Waals surface area (Å²) in [4.78, 5) is 21.6. The molecule has 0 saturated carbocycles. The molecule has 0 fully saturated rings. The quantitative estimate of drug-likeness (QED) is 0.587. The number of carbonyl (C=O) groups excluding carboxylic acids is 2. The number of hydrogen-bond acceptors (Lipinski definition) is 4. The maximum absolute atomic E-state index is 11.0. The molecule has 14 heavy (non-hydrogen) atoms. The van der Waals surface area contributed by atoms with Crippen molar-refractivity contribution in [3.8, 4) is 0 Å². The number of hydrogen-bond donors (Lipinski definition) is 2. The topological polar surface area (TPSA) is 75.6 Å². The largest absolute Gasteiger partial charge is 0.458 e. The highest BCUT2D eigenvalue weighted by Crippen LogP contribution is 1.91. The Morgan fingerprint density at radius 3 is 2.57 bits per heavy atom. The van der Waals surface area contributed by atoms with Gasteiger partial charge in [0.05, 0.1) is 13.2 Å². The standard InChI is InChI=1S/C9H17NO4/c1-3-4-9(13)10-5-8(6-11)14-7(2)12/h8,11H,3-6H2,1-2H3,(H,10,13). The molecule has 0 rings (SSSR count). The highest BCUT2D eigenvalue weighted by molar-refractivity contribution is 5.75. The summed E-state index contributed by atoms with van der Waals surface area (Å²) < 4.78 is 4.72. The Hall–Kier alpha value is -1.10. The number of rotatable bonds is 6. The second kappa shape index (κ2) is 7.32. The maximum atomic E-state index is 11.0. The van der Waals surface area contributed by atoms with Gasteiger partial charge in [0.25, 0.3) is 0 Å². The Bertz CT molecular complexity index is 193. The second-order valence-corrected chi connectivity index (χ2v) is 2.97. The van der Waals surface area contributed by atoms with Gasteiger partial charge in [-0.2, -0.15) is 0 Å². The number of ether oxygens (including phenoxy) is 1. The minimum atomic E-state index is -0.645. The van der Waals surface area contributed by atoms with E-state index in [-0.39, 0.29) is 19.1 Å². The second-order valence-electron chi connectivity index (χ2n) is 2.97. The van der Waals surface area contributed by atoms with E-state index in [1.54, 1.807) is 0 Å². The van der Waals surface area contributed by atoms with Gasteiger partial charge in [0, 0.05) is 13.3 Å². The lowest BCUT2D eigenvalue weighted by Crippen LogP contribution is -2.36. The molecule has 5 heteroatoms. The molecule has 1 atom stereocenters. The molecule has 5 nitrogen and oxygen atoms in total. The fraction of sp³-hybridized carbons (Fsp3) is 0.778. The molecule has 0 aromatic heterocycles. The number of esters is 1. The van der Waals surface area contributed by atoms with Crippen LogP contribution in [0.3, 0.4) is 0 Å². The Balaban J connectivity index is 3.71. The fourth-order valence-corrected chi connectivity index (χ4v) is 0.921. The molecule has 2 N–H and O–H groups in total. The Labute approximate surface area is 83.4 Å². The first-order valence-electron chi connectivity index (χ1n) is 4.65. The molecule has 0 heterocycles. The van der Waals surface area contributed by atoms with Crippen LogP contribution in [0.5, 0.6) is 0 Å². The van der Waals surface area contributed by atoms with E-state index in [0.717, 1.165) is 6.42 Å². The van der Waals surface area contributed by atoms with Crippen LogP contribution in [-0.4, -0.2) is 36.2 Å². The molecule has 0 saturated heterocycles. The minimum Gasteiger partial charge on any atom is -0.458 e. The summed E-state index contributed by atoms with van der Waals surface area (Å²) in [5, 5.41) is 11.4. The van der Waals surface area contributed by atoms with Crippen molar-refractivity contribution in [3.63, 3.8) is 0 Å². The zero-order valence-corrected chi connectivity index (χ0v) is 8.58. The summed E-state index contributed by atoms with van der Waals surface area (Å²) in [6.07, 6.45) is 0.565. The summed E-state index contributed by atoms with van der Waals surface area (Å²) >= 11 is 0. The first kappa shape index (κ1) is 12.9. The highest BCUT2D eigenvalue weighted by atomic mass is 16.5. The van der Waals surface area contributed by atoms with Crippen LogP contribution in [0.4, 0.5) is 0 Å². The van der Waals surface area contributed by atoms with E-state index < -0.39 is 12.1 Å². The lowest BCUT2D eigenvalue weighted by atomic mass is 10.3. The summed E-state index contributed by atoms with van der Waals surface area (Å²) in [7, 11) is 0. The molecule has 0 aromatic rings. The van der Waals surface area contributed by atoms with Crippen molar-refractivity contribution in [1.29, 1.82) is 0 Å². The molecule has 0 aromatic carbocycles. The van der Waals surface area contributed by atoms with E-state index >= 15 is 0 Å². The molecule has 1 unspecified atom stereocenters. The molecule has 82 valence electrons. The smallest absolute Gasteiger partial charge is 0.303 e. The van der Waals surface area contributed by atoms with Gasteiger partial charge in [-0.05, 0) is 6.42 Å². The number of aliphatic hydroxyl groups excluding tert-OH is 1. The van der Waals surface area contributed by atoms with Crippen LogP contribution in [0.2, 0.25) is 0 Å². The van der Waals surface area contributed by atoms with E-state index in [2.05, 4.69) is 5.32 Å². The van der Waals surface area contributed by atoms with E-state index in [9.17, 15) is 9.59 Å². The third-order valence-corrected chi connectivity index (χ3v) is 1.54. The summed E-state index contributed by atoms with van der Waals surface area (Å²) in [6, 6.07) is 0. The van der Waals surface area contributed by atoms with Crippen molar-refractivity contribution in [1.82, 2.24) is 5.32 Å². The molecule has 1 amide bonds. The van der Waals surface area contributed by atoms with Gasteiger partial charge < -0.3 is 15.2 Å². The lowest BCUT2D eigenvalue weighted by Gasteiger charge is -2.14. The summed E-state index contributed by atoms with van der Waals surface area (Å²) in [6.45, 7) is 3.03. The number of carbonyl (C=O) groups is 2. The molecular weight excluding hydrogens is 186 g/mol. The SMILES string of the molecule is CCCC(=O)NCC(CO)OC(C)=O. The van der Waals surface area contributed by atoms with Gasteiger partial charge in [-0.15, -0.1) is 0 Å². The molecule has 0 spiro atoms. The van der Waals surface area contributed by atoms with Gasteiger partial charge >= 0.3 is 5.97 Å². The van der Waals surface area contributed by atoms with Crippen LogP contribution >= 0.6 is 0 Å². The van der Waals surface area contributed by atoms with Crippen LogP contribution in [0.1, 0.15) is 26.7 Å². The van der Waals surface area contributed by atoms with Crippen molar-refractivity contribution in [2.45, 2.75) is 32.8 Å². The first-order valence-corrected chi connectivity index (χ1v) is 4.65. The first-order chi connectivity index (χ1) is 6.60. The van der Waals surface area contributed by atoms with Crippen molar-refractivity contribution in [2.75, 3.05) is 13.2 Å². The average molecular weight is 203 g/mol. The van der Waals surface area contributed by atoms with Crippen molar-refractivity contribution < 1.29 is 19.4 Å². The number of nitrogens with one attached hydrogen (secondary N) is 1. The molecule has 0 bridgehead atoms.